The molecule has 5 heteroatoms. The Bertz CT molecular complexity index is 2110. The van der Waals surface area contributed by atoms with Crippen molar-refractivity contribution in [2.45, 2.75) is 98.0 Å². The molecule has 0 aromatic heterocycles. The quantitative estimate of drug-likeness (QED) is 0.131. The van der Waals surface area contributed by atoms with Crippen LogP contribution >= 0.6 is 0 Å². The third-order valence-corrected chi connectivity index (χ3v) is 25.2. The molecule has 0 amide bonds. The van der Waals surface area contributed by atoms with E-state index in [0.29, 0.717) is 0 Å². The highest BCUT2D eigenvalue weighted by atomic mass is 28.3. The minimum Gasteiger partial charge on any atom is -0.0668 e. The van der Waals surface area contributed by atoms with Gasteiger partial charge in [-0.1, -0.05) is 237 Å². The fourth-order valence-electron chi connectivity index (χ4n) is 8.53. The third-order valence-electron chi connectivity index (χ3n) is 12.4. The highest BCUT2D eigenvalue weighted by Gasteiger charge is 2.42. The molecule has 54 heavy (non-hydrogen) atoms. The van der Waals surface area contributed by atoms with Gasteiger partial charge in [-0.05, 0) is 57.3 Å². The van der Waals surface area contributed by atoms with E-state index < -0.39 is 40.4 Å². The van der Waals surface area contributed by atoms with E-state index in [0.717, 1.165) is 12.8 Å². The summed E-state index contributed by atoms with van der Waals surface area (Å²) in [7, 11) is -8.37. The molecular weight excluding hydrogens is 729 g/mol. The summed E-state index contributed by atoms with van der Waals surface area (Å²) < 4.78 is 0. The van der Waals surface area contributed by atoms with Crippen molar-refractivity contribution in [3.8, 4) is 22.3 Å². The molecule has 0 heterocycles. The first-order valence-corrected chi connectivity index (χ1v) is 36.7. The van der Waals surface area contributed by atoms with Gasteiger partial charge in [-0.25, -0.2) is 0 Å². The lowest BCUT2D eigenvalue weighted by Crippen LogP contribution is -2.49. The minimum atomic E-state index is -2.32. The molecule has 0 atom stereocenters. The molecule has 0 spiro atoms. The first-order chi connectivity index (χ1) is 25.1. The zero-order valence-electron chi connectivity index (χ0n) is 35.4. The molecule has 0 fully saturated rings. The topological polar surface area (TPSA) is 0 Å². The maximum absolute atomic E-state index is 2.65. The van der Waals surface area contributed by atoms with Crippen LogP contribution in [-0.2, 0) is 12.8 Å². The summed E-state index contributed by atoms with van der Waals surface area (Å²) in [5.74, 6) is 0. The minimum absolute atomic E-state index is 1.04. The molecule has 0 N–H and O–H groups in total. The normalized spacial score (nSPS) is 14.8. The molecule has 2 aliphatic rings. The molecule has 0 saturated heterocycles. The second-order valence-corrected chi connectivity index (χ2v) is 45.0. The number of rotatable bonds is 9. The van der Waals surface area contributed by atoms with E-state index in [1.165, 1.54) is 49.7 Å². The smallest absolute Gasteiger partial charge is 0.0668 e. The first kappa shape index (κ1) is 38.9. The molecule has 0 saturated carbocycles. The van der Waals surface area contributed by atoms with Crippen LogP contribution in [0, 0.1) is 0 Å². The molecule has 0 nitrogen and oxygen atoms in total. The van der Waals surface area contributed by atoms with Gasteiger partial charge in [-0.2, -0.15) is 0 Å². The molecule has 5 aromatic carbocycles. The first-order valence-electron chi connectivity index (χ1n) is 20.2. The highest BCUT2D eigenvalue weighted by molar-refractivity contribution is 7.03. The van der Waals surface area contributed by atoms with Crippen molar-refractivity contribution in [2.75, 3.05) is 0 Å². The second kappa shape index (κ2) is 13.7. The summed E-state index contributed by atoms with van der Waals surface area (Å²) in [6, 6.07) is 41.2. The fourth-order valence-corrected chi connectivity index (χ4v) is 17.5. The molecule has 7 rings (SSSR count). The number of fused-ring (bicyclic) bond motifs is 2. The molecule has 0 bridgehead atoms. The van der Waals surface area contributed by atoms with Gasteiger partial charge in [0.15, 0.2) is 0 Å². The molecule has 0 aliphatic heterocycles. The zero-order chi connectivity index (χ0) is 39.0. The summed E-state index contributed by atoms with van der Waals surface area (Å²) in [6.07, 6.45) is 7.38. The van der Waals surface area contributed by atoms with Gasteiger partial charge in [-0.15, -0.1) is 0 Å². The number of hydrogen-bond acceptors (Lipinski definition) is 0. The summed E-state index contributed by atoms with van der Waals surface area (Å²) in [4.78, 5) is 0. The van der Waals surface area contributed by atoms with Crippen LogP contribution in [0.2, 0.25) is 85.1 Å². The molecule has 2 aliphatic carbocycles. The van der Waals surface area contributed by atoms with Crippen LogP contribution in [0.15, 0.2) is 114 Å². The zero-order valence-corrected chi connectivity index (χ0v) is 40.4. The number of benzene rings is 5. The van der Waals surface area contributed by atoms with Gasteiger partial charge < -0.3 is 0 Å². The second-order valence-electron chi connectivity index (χ2n) is 20.5. The Balaban J connectivity index is 1.38. The van der Waals surface area contributed by atoms with Gasteiger partial charge in [0.2, 0.25) is 0 Å². The van der Waals surface area contributed by atoms with E-state index >= 15 is 0 Å². The van der Waals surface area contributed by atoms with Crippen LogP contribution in [0.25, 0.3) is 34.4 Å². The van der Waals surface area contributed by atoms with E-state index in [2.05, 4.69) is 200 Å². The molecule has 0 radical (unpaired) electrons. The molecule has 5 aromatic rings. The van der Waals surface area contributed by atoms with Crippen LogP contribution in [0.4, 0.5) is 0 Å². The van der Waals surface area contributed by atoms with Gasteiger partial charge in [0, 0.05) is 0 Å². The Hall–Kier alpha value is -3.34. The van der Waals surface area contributed by atoms with Crippen molar-refractivity contribution in [3.63, 3.8) is 0 Å². The van der Waals surface area contributed by atoms with Crippen molar-refractivity contribution >= 4 is 78.5 Å². The largest absolute Gasteiger partial charge is 0.137 e. The van der Waals surface area contributed by atoms with E-state index in [4.69, 9.17) is 0 Å². The van der Waals surface area contributed by atoms with Gasteiger partial charge in [0.1, 0.15) is 8.07 Å². The standard InChI is InChI=1S/C49H62Si5/c1-50(2,3)40-27-37(28-41(31-40)51(4,5)6)46-23-17-19-35-25-44(33-48(35)46)54(13,39-21-15-14-16-22-39)45-26-36-20-18-24-47(49(36)34-45)38-29-42(52(7,8)9)32-43(30-38)53(10,11)12/h14-24,27-34H,25-26H2,1-13H3. The summed E-state index contributed by atoms with van der Waals surface area (Å²) in [5.41, 5.74) is 11.6. The maximum atomic E-state index is 2.65. The van der Waals surface area contributed by atoms with Crippen molar-refractivity contribution in [2.24, 2.45) is 0 Å². The average Bonchev–Trinajstić information content (AvgIpc) is 3.75. The van der Waals surface area contributed by atoms with E-state index in [9.17, 15) is 0 Å². The molecule has 0 unspecified atom stereocenters. The van der Waals surface area contributed by atoms with Crippen LogP contribution in [0.5, 0.6) is 0 Å². The van der Waals surface area contributed by atoms with Crippen molar-refractivity contribution < 1.29 is 0 Å². The van der Waals surface area contributed by atoms with Crippen LogP contribution in [-0.4, -0.2) is 40.4 Å². The van der Waals surface area contributed by atoms with Crippen molar-refractivity contribution in [1.29, 1.82) is 0 Å². The van der Waals surface area contributed by atoms with Crippen molar-refractivity contribution in [1.82, 2.24) is 0 Å². The van der Waals surface area contributed by atoms with Crippen LogP contribution < -0.4 is 25.9 Å². The summed E-state index contributed by atoms with van der Waals surface area (Å²) in [6.45, 7) is 32.6. The lowest BCUT2D eigenvalue weighted by molar-refractivity contribution is 1.23. The summed E-state index contributed by atoms with van der Waals surface area (Å²) in [5, 5.41) is 11.1. The predicted octanol–water partition coefficient (Wildman–Crippen LogP) is 10.8. The highest BCUT2D eigenvalue weighted by Crippen LogP contribution is 2.43. The van der Waals surface area contributed by atoms with Crippen LogP contribution in [0.3, 0.4) is 0 Å². The monoisotopic (exact) mass is 790 g/mol. The lowest BCUT2D eigenvalue weighted by Gasteiger charge is -2.32. The number of allylic oxidation sites excluding steroid dienone is 2. The number of hydrogen-bond donors (Lipinski definition) is 0. The molecular formula is C49H62Si5. The molecule has 278 valence electrons. The Morgan fingerprint density at radius 1 is 0.352 bits per heavy atom. The SMILES string of the molecule is C[Si](C)(C)c1cc(-c2cccc3c2C=C([Si](C)(C2=Cc4c(cccc4-c4cc([Si](C)(C)C)cc([Si](C)(C)C)c4)C2)c2ccccc2)C3)cc([Si](C)(C)C)c1. The Kier molecular flexibility index (Phi) is 9.87. The average molecular weight is 791 g/mol. The Morgan fingerprint density at radius 3 is 1.04 bits per heavy atom. The Labute approximate surface area is 332 Å². The van der Waals surface area contributed by atoms with Crippen molar-refractivity contribution in [3.05, 3.63) is 136 Å². The fraction of sp³-hybridized carbons (Fsp3) is 0.306. The van der Waals surface area contributed by atoms with Gasteiger partial charge in [-0.3, -0.25) is 0 Å². The van der Waals surface area contributed by atoms with Gasteiger partial charge in [0.25, 0.3) is 0 Å². The van der Waals surface area contributed by atoms with Crippen LogP contribution in [0.1, 0.15) is 22.3 Å². The van der Waals surface area contributed by atoms with E-state index in [1.54, 1.807) is 31.1 Å². The Morgan fingerprint density at radius 2 is 0.704 bits per heavy atom. The lowest BCUT2D eigenvalue weighted by atomic mass is 9.97. The van der Waals surface area contributed by atoms with Gasteiger partial charge in [0.05, 0.1) is 32.3 Å². The third kappa shape index (κ3) is 7.35. The van der Waals surface area contributed by atoms with Gasteiger partial charge >= 0.3 is 0 Å². The summed E-state index contributed by atoms with van der Waals surface area (Å²) >= 11 is 0. The van der Waals surface area contributed by atoms with E-state index in [1.807, 2.05) is 0 Å². The predicted molar refractivity (Wildman–Crippen MR) is 257 cm³/mol. The maximum Gasteiger partial charge on any atom is 0.137 e. The van der Waals surface area contributed by atoms with E-state index in [-0.39, 0.29) is 0 Å².